The topological polar surface area (TPSA) is 56.5 Å². The van der Waals surface area contributed by atoms with Gasteiger partial charge in [0.2, 0.25) is 0 Å². The Balaban J connectivity index is 2.07. The fraction of sp³-hybridized carbons (Fsp3) is 0.318. The van der Waals surface area contributed by atoms with Crippen molar-refractivity contribution < 1.29 is 4.74 Å². The molecule has 1 aromatic heterocycles. The molecule has 0 aliphatic carbocycles. The first-order valence-corrected chi connectivity index (χ1v) is 10.7. The van der Waals surface area contributed by atoms with E-state index in [4.69, 9.17) is 21.3 Å². The summed E-state index contributed by atoms with van der Waals surface area (Å²) in [6, 6.07) is 10.9. The molecule has 0 bridgehead atoms. The van der Waals surface area contributed by atoms with Gasteiger partial charge in [0, 0.05) is 10.4 Å². The molecule has 0 saturated heterocycles. The minimum Gasteiger partial charge on any atom is -0.489 e. The van der Waals surface area contributed by atoms with Crippen molar-refractivity contribution in [3.63, 3.8) is 0 Å². The molecule has 0 saturated carbocycles. The highest BCUT2D eigenvalue weighted by Crippen LogP contribution is 2.26. The number of benzene rings is 2. The van der Waals surface area contributed by atoms with Crippen LogP contribution in [0, 0.1) is 0 Å². The van der Waals surface area contributed by atoms with Crippen molar-refractivity contribution in [1.29, 1.82) is 0 Å². The number of halogens is 2. The summed E-state index contributed by atoms with van der Waals surface area (Å²) in [5, 5.41) is 5.47. The first kappa shape index (κ1) is 21.5. The van der Waals surface area contributed by atoms with Crippen LogP contribution in [0.4, 0.5) is 0 Å². The van der Waals surface area contributed by atoms with E-state index in [9.17, 15) is 4.79 Å². The van der Waals surface area contributed by atoms with Crippen LogP contribution in [0.3, 0.4) is 0 Å². The highest BCUT2D eigenvalue weighted by atomic mass is 79.9. The molecule has 0 spiro atoms. The Morgan fingerprint density at radius 3 is 2.66 bits per heavy atom. The van der Waals surface area contributed by atoms with Crippen molar-refractivity contribution in [2.45, 2.75) is 46.1 Å². The van der Waals surface area contributed by atoms with Crippen molar-refractivity contribution >= 4 is 44.6 Å². The Morgan fingerprint density at radius 2 is 2.00 bits per heavy atom. The Bertz CT molecular complexity index is 1120. The first-order valence-electron chi connectivity index (χ1n) is 9.53. The number of nitrogens with zero attached hydrogens (tertiary/aromatic N) is 3. The SMILES string of the molecule is CC[C@H](C)c1nc2ccc(Br)cc2c(=O)n1N=Cc1ccc(OC(C)C)c(Cl)c1. The highest BCUT2D eigenvalue weighted by molar-refractivity contribution is 9.10. The third-order valence-corrected chi connectivity index (χ3v) is 5.32. The number of hydrogen-bond acceptors (Lipinski definition) is 4. The molecule has 7 heteroatoms. The van der Waals surface area contributed by atoms with Gasteiger partial charge in [-0.15, -0.1) is 0 Å². The van der Waals surface area contributed by atoms with Crippen LogP contribution in [0.1, 0.15) is 51.4 Å². The van der Waals surface area contributed by atoms with Gasteiger partial charge < -0.3 is 4.74 Å². The van der Waals surface area contributed by atoms with Crippen molar-refractivity contribution in [2.24, 2.45) is 5.10 Å². The van der Waals surface area contributed by atoms with Gasteiger partial charge in [-0.1, -0.05) is 41.4 Å². The van der Waals surface area contributed by atoms with Gasteiger partial charge >= 0.3 is 0 Å². The van der Waals surface area contributed by atoms with Crippen LogP contribution in [0.5, 0.6) is 5.75 Å². The molecule has 3 aromatic rings. The van der Waals surface area contributed by atoms with E-state index >= 15 is 0 Å². The minimum atomic E-state index is -0.200. The van der Waals surface area contributed by atoms with Gasteiger partial charge in [0.05, 0.1) is 28.2 Å². The average Bonchev–Trinajstić information content (AvgIpc) is 2.68. The first-order chi connectivity index (χ1) is 13.8. The summed E-state index contributed by atoms with van der Waals surface area (Å²) in [6.07, 6.45) is 2.49. The van der Waals surface area contributed by atoms with Crippen LogP contribution < -0.4 is 10.3 Å². The van der Waals surface area contributed by atoms with Crippen LogP contribution in [0.25, 0.3) is 10.9 Å². The summed E-state index contributed by atoms with van der Waals surface area (Å²) in [4.78, 5) is 17.8. The lowest BCUT2D eigenvalue weighted by molar-refractivity contribution is 0.242. The minimum absolute atomic E-state index is 0.0340. The molecular formula is C22H23BrClN3O2. The van der Waals surface area contributed by atoms with E-state index in [0.717, 1.165) is 16.5 Å². The number of hydrogen-bond donors (Lipinski definition) is 0. The molecule has 0 aliphatic rings. The van der Waals surface area contributed by atoms with Crippen LogP contribution in [0.2, 0.25) is 5.02 Å². The third-order valence-electron chi connectivity index (χ3n) is 4.53. The summed E-state index contributed by atoms with van der Waals surface area (Å²) in [5.74, 6) is 1.33. The van der Waals surface area contributed by atoms with Crippen LogP contribution >= 0.6 is 27.5 Å². The lowest BCUT2D eigenvalue weighted by Gasteiger charge is -2.14. The van der Waals surface area contributed by atoms with Gasteiger partial charge in [-0.05, 0) is 62.2 Å². The molecule has 0 aliphatic heterocycles. The zero-order valence-electron chi connectivity index (χ0n) is 16.8. The second-order valence-electron chi connectivity index (χ2n) is 7.16. The summed E-state index contributed by atoms with van der Waals surface area (Å²) >= 11 is 9.73. The Kier molecular flexibility index (Phi) is 6.75. The van der Waals surface area contributed by atoms with Crippen molar-refractivity contribution in [1.82, 2.24) is 9.66 Å². The van der Waals surface area contributed by atoms with E-state index in [-0.39, 0.29) is 17.6 Å². The molecular weight excluding hydrogens is 454 g/mol. The molecule has 0 unspecified atom stereocenters. The van der Waals surface area contributed by atoms with Crippen molar-refractivity contribution in [2.75, 3.05) is 0 Å². The van der Waals surface area contributed by atoms with Gasteiger partial charge in [0.15, 0.2) is 0 Å². The van der Waals surface area contributed by atoms with Gasteiger partial charge in [0.1, 0.15) is 11.6 Å². The van der Waals surface area contributed by atoms with Gasteiger partial charge in [-0.25, -0.2) is 4.98 Å². The Labute approximate surface area is 183 Å². The molecule has 0 fully saturated rings. The van der Waals surface area contributed by atoms with Gasteiger partial charge in [-0.3, -0.25) is 4.79 Å². The zero-order valence-corrected chi connectivity index (χ0v) is 19.2. The Morgan fingerprint density at radius 1 is 1.24 bits per heavy atom. The van der Waals surface area contributed by atoms with Crippen molar-refractivity contribution in [3.05, 3.63) is 67.6 Å². The van der Waals surface area contributed by atoms with Crippen LogP contribution in [0.15, 0.2) is 50.8 Å². The van der Waals surface area contributed by atoms with Crippen LogP contribution in [-0.2, 0) is 0 Å². The van der Waals surface area contributed by atoms with E-state index in [1.54, 1.807) is 24.4 Å². The molecule has 1 atom stereocenters. The van der Waals surface area contributed by atoms with Crippen molar-refractivity contribution in [3.8, 4) is 5.75 Å². The predicted molar refractivity (Wildman–Crippen MR) is 123 cm³/mol. The van der Waals surface area contributed by atoms with E-state index in [1.165, 1.54) is 4.68 Å². The quantitative estimate of drug-likeness (QED) is 0.410. The maximum Gasteiger partial charge on any atom is 0.282 e. The van der Waals surface area contributed by atoms with E-state index < -0.39 is 0 Å². The largest absolute Gasteiger partial charge is 0.489 e. The molecule has 0 radical (unpaired) electrons. The smallest absolute Gasteiger partial charge is 0.282 e. The predicted octanol–water partition coefficient (Wildman–Crippen LogP) is 6.00. The lowest BCUT2D eigenvalue weighted by Crippen LogP contribution is -2.23. The average molecular weight is 477 g/mol. The van der Waals surface area contributed by atoms with E-state index in [1.807, 2.05) is 39.0 Å². The number of aromatic nitrogens is 2. The molecule has 0 N–H and O–H groups in total. The lowest BCUT2D eigenvalue weighted by atomic mass is 10.1. The molecule has 1 heterocycles. The molecule has 0 amide bonds. The van der Waals surface area contributed by atoms with Gasteiger partial charge in [0.25, 0.3) is 5.56 Å². The fourth-order valence-corrected chi connectivity index (χ4v) is 3.44. The number of ether oxygens (including phenoxy) is 1. The summed E-state index contributed by atoms with van der Waals surface area (Å²) < 4.78 is 7.87. The van der Waals surface area contributed by atoms with Crippen LogP contribution in [-0.4, -0.2) is 22.0 Å². The second-order valence-corrected chi connectivity index (χ2v) is 8.48. The second kappa shape index (κ2) is 9.09. The summed E-state index contributed by atoms with van der Waals surface area (Å²) in [6.45, 7) is 7.98. The maximum absolute atomic E-state index is 13.1. The Hall–Kier alpha value is -2.18. The highest BCUT2D eigenvalue weighted by Gasteiger charge is 2.15. The normalized spacial score (nSPS) is 12.8. The number of rotatable bonds is 6. The van der Waals surface area contributed by atoms with E-state index in [2.05, 4.69) is 28.0 Å². The fourth-order valence-electron chi connectivity index (χ4n) is 2.85. The summed E-state index contributed by atoms with van der Waals surface area (Å²) in [7, 11) is 0. The molecule has 29 heavy (non-hydrogen) atoms. The molecule has 5 nitrogen and oxygen atoms in total. The zero-order chi connectivity index (χ0) is 21.1. The molecule has 3 rings (SSSR count). The molecule has 2 aromatic carbocycles. The van der Waals surface area contributed by atoms with E-state index in [0.29, 0.717) is 27.5 Å². The summed E-state index contributed by atoms with van der Waals surface area (Å²) in [5.41, 5.74) is 1.23. The number of fused-ring (bicyclic) bond motifs is 1. The maximum atomic E-state index is 13.1. The van der Waals surface area contributed by atoms with Gasteiger partial charge in [-0.2, -0.15) is 9.78 Å². The molecule has 152 valence electrons. The third kappa shape index (κ3) is 4.87. The monoisotopic (exact) mass is 475 g/mol. The standard InChI is InChI=1S/C22H23BrClN3O2/c1-5-14(4)21-26-19-8-7-16(23)11-17(19)22(28)27(21)25-12-15-6-9-20(18(24)10-15)29-13(2)3/h6-14H,5H2,1-4H3/t14-/m0/s1.